The van der Waals surface area contributed by atoms with Gasteiger partial charge in [0.15, 0.2) is 5.65 Å². The van der Waals surface area contributed by atoms with Crippen molar-refractivity contribution in [1.82, 2.24) is 14.8 Å². The predicted octanol–water partition coefficient (Wildman–Crippen LogP) is 1.93. The first-order valence-corrected chi connectivity index (χ1v) is 5.37. The van der Waals surface area contributed by atoms with Crippen LogP contribution >= 0.6 is 0 Å². The van der Waals surface area contributed by atoms with Crippen LogP contribution in [0.3, 0.4) is 0 Å². The quantitative estimate of drug-likeness (QED) is 0.688. The van der Waals surface area contributed by atoms with Gasteiger partial charge < -0.3 is 0 Å². The van der Waals surface area contributed by atoms with Gasteiger partial charge in [0.05, 0.1) is 11.1 Å². The molecule has 1 N–H and O–H groups in total. The fourth-order valence-electron chi connectivity index (χ4n) is 1.88. The molecule has 0 amide bonds. The fourth-order valence-corrected chi connectivity index (χ4v) is 1.88. The summed E-state index contributed by atoms with van der Waals surface area (Å²) < 4.78 is 1.44. The molecule has 3 rings (SSSR count). The molecule has 0 aliphatic heterocycles. The number of H-pyrrole nitrogens is 1. The van der Waals surface area contributed by atoms with Crippen LogP contribution in [-0.2, 0) is 7.05 Å². The van der Waals surface area contributed by atoms with Crippen LogP contribution in [0.4, 0.5) is 0 Å². The largest absolute Gasteiger partial charge is 0.279 e. The van der Waals surface area contributed by atoms with E-state index in [1.807, 2.05) is 42.5 Å². The highest BCUT2D eigenvalue weighted by molar-refractivity contribution is 5.77. The predicted molar refractivity (Wildman–Crippen MR) is 66.8 cm³/mol. The molecule has 3 aromatic rings. The zero-order valence-electron chi connectivity index (χ0n) is 9.34. The third kappa shape index (κ3) is 1.54. The minimum absolute atomic E-state index is 0.0490. The van der Waals surface area contributed by atoms with Gasteiger partial charge in [0.1, 0.15) is 0 Å². The highest BCUT2D eigenvalue weighted by Gasteiger charge is 2.06. The number of aromatic amines is 1. The van der Waals surface area contributed by atoms with Crippen molar-refractivity contribution >= 4 is 11.0 Å². The molecule has 0 unspecified atom stereocenters. The van der Waals surface area contributed by atoms with E-state index in [1.165, 1.54) is 4.68 Å². The van der Waals surface area contributed by atoms with E-state index in [-0.39, 0.29) is 5.56 Å². The highest BCUT2D eigenvalue weighted by Crippen LogP contribution is 2.18. The van der Waals surface area contributed by atoms with Crippen molar-refractivity contribution in [3.8, 4) is 11.3 Å². The Bertz CT molecular complexity index is 725. The third-order valence-corrected chi connectivity index (χ3v) is 2.77. The lowest BCUT2D eigenvalue weighted by Crippen LogP contribution is -2.10. The molecular weight excluding hydrogens is 214 g/mol. The first-order valence-electron chi connectivity index (χ1n) is 5.37. The first kappa shape index (κ1) is 9.84. The monoisotopic (exact) mass is 225 g/mol. The van der Waals surface area contributed by atoms with Gasteiger partial charge in [-0.2, -0.15) is 0 Å². The lowest BCUT2D eigenvalue weighted by molar-refractivity contribution is 0.748. The molecule has 0 saturated heterocycles. The molecule has 1 aromatic carbocycles. The van der Waals surface area contributed by atoms with Crippen molar-refractivity contribution in [2.75, 3.05) is 0 Å². The Balaban J connectivity index is 2.24. The molecule has 2 aromatic heterocycles. The summed E-state index contributed by atoms with van der Waals surface area (Å²) in [7, 11) is 1.69. The number of fused-ring (bicyclic) bond motifs is 1. The van der Waals surface area contributed by atoms with Crippen LogP contribution in [0, 0.1) is 0 Å². The Kier molecular flexibility index (Phi) is 2.08. The average molecular weight is 225 g/mol. The number of hydrogen-bond donors (Lipinski definition) is 1. The van der Waals surface area contributed by atoms with Crippen LogP contribution in [0.25, 0.3) is 22.3 Å². The van der Waals surface area contributed by atoms with Crippen LogP contribution in [0.5, 0.6) is 0 Å². The van der Waals surface area contributed by atoms with Gasteiger partial charge in [-0.15, -0.1) is 0 Å². The average Bonchev–Trinajstić information content (AvgIpc) is 2.66. The van der Waals surface area contributed by atoms with Gasteiger partial charge in [-0.1, -0.05) is 30.3 Å². The highest BCUT2D eigenvalue weighted by atomic mass is 16.1. The Morgan fingerprint density at radius 2 is 1.88 bits per heavy atom. The second kappa shape index (κ2) is 3.59. The zero-order valence-corrected chi connectivity index (χ0v) is 9.34. The second-order valence-corrected chi connectivity index (χ2v) is 3.93. The van der Waals surface area contributed by atoms with E-state index in [0.29, 0.717) is 11.0 Å². The van der Waals surface area contributed by atoms with E-state index in [9.17, 15) is 4.79 Å². The van der Waals surface area contributed by atoms with Crippen LogP contribution in [0.1, 0.15) is 0 Å². The maximum Gasteiger partial charge on any atom is 0.275 e. The molecule has 2 heterocycles. The van der Waals surface area contributed by atoms with Gasteiger partial charge in [-0.25, -0.2) is 4.98 Å². The molecule has 0 aliphatic rings. The summed E-state index contributed by atoms with van der Waals surface area (Å²) in [5.41, 5.74) is 2.48. The molecule has 0 spiro atoms. The van der Waals surface area contributed by atoms with Gasteiger partial charge in [-0.3, -0.25) is 14.6 Å². The third-order valence-electron chi connectivity index (χ3n) is 2.77. The molecular formula is C13H11N3O. The van der Waals surface area contributed by atoms with Gasteiger partial charge in [0.25, 0.3) is 5.56 Å². The second-order valence-electron chi connectivity index (χ2n) is 3.93. The molecule has 0 aliphatic carbocycles. The molecule has 4 nitrogen and oxygen atoms in total. The van der Waals surface area contributed by atoms with E-state index in [1.54, 1.807) is 7.05 Å². The Morgan fingerprint density at radius 1 is 1.12 bits per heavy atom. The molecule has 0 fully saturated rings. The van der Waals surface area contributed by atoms with Crippen LogP contribution in [0.15, 0.2) is 47.3 Å². The van der Waals surface area contributed by atoms with Crippen LogP contribution in [-0.4, -0.2) is 14.8 Å². The topological polar surface area (TPSA) is 50.7 Å². The number of pyridine rings is 1. The van der Waals surface area contributed by atoms with Crippen molar-refractivity contribution in [3.05, 3.63) is 52.8 Å². The van der Waals surface area contributed by atoms with E-state index >= 15 is 0 Å². The molecule has 17 heavy (non-hydrogen) atoms. The Morgan fingerprint density at radius 3 is 2.65 bits per heavy atom. The van der Waals surface area contributed by atoms with Gasteiger partial charge in [0, 0.05) is 12.6 Å². The minimum atomic E-state index is -0.0490. The standard InChI is InChI=1S/C13H11N3O/c1-16-13(17)10-7-8-11(14-12(10)15-16)9-5-3-2-4-6-9/h2-8H,1H3,(H,14,15). The van der Waals surface area contributed by atoms with Crippen molar-refractivity contribution < 1.29 is 0 Å². The molecule has 4 heteroatoms. The first-order chi connectivity index (χ1) is 8.25. The summed E-state index contributed by atoms with van der Waals surface area (Å²) in [6, 6.07) is 13.6. The van der Waals surface area contributed by atoms with Crippen molar-refractivity contribution in [1.29, 1.82) is 0 Å². The normalized spacial score (nSPS) is 10.9. The van der Waals surface area contributed by atoms with E-state index in [0.717, 1.165) is 11.3 Å². The SMILES string of the molecule is Cn1[nH]c2nc(-c3ccccc3)ccc2c1=O. The zero-order chi connectivity index (χ0) is 11.8. The van der Waals surface area contributed by atoms with Crippen molar-refractivity contribution in [3.63, 3.8) is 0 Å². The van der Waals surface area contributed by atoms with Gasteiger partial charge in [-0.05, 0) is 12.1 Å². The molecule has 0 bridgehead atoms. The van der Waals surface area contributed by atoms with Gasteiger partial charge in [0.2, 0.25) is 0 Å². The summed E-state index contributed by atoms with van der Waals surface area (Å²) in [6.45, 7) is 0. The minimum Gasteiger partial charge on any atom is -0.279 e. The van der Waals surface area contributed by atoms with E-state index in [2.05, 4.69) is 10.1 Å². The molecule has 84 valence electrons. The Hall–Kier alpha value is -2.36. The summed E-state index contributed by atoms with van der Waals surface area (Å²) in [4.78, 5) is 16.1. The number of hydrogen-bond acceptors (Lipinski definition) is 2. The van der Waals surface area contributed by atoms with Crippen molar-refractivity contribution in [2.45, 2.75) is 0 Å². The smallest absolute Gasteiger partial charge is 0.275 e. The van der Waals surface area contributed by atoms with E-state index in [4.69, 9.17) is 0 Å². The number of aromatic nitrogens is 3. The lowest BCUT2D eigenvalue weighted by atomic mass is 10.1. The molecule has 0 atom stereocenters. The number of nitrogens with one attached hydrogen (secondary N) is 1. The van der Waals surface area contributed by atoms with Crippen molar-refractivity contribution in [2.24, 2.45) is 7.05 Å². The number of nitrogens with zero attached hydrogens (tertiary/aromatic N) is 2. The molecule has 0 radical (unpaired) electrons. The van der Waals surface area contributed by atoms with Crippen LogP contribution < -0.4 is 5.56 Å². The summed E-state index contributed by atoms with van der Waals surface area (Å²) >= 11 is 0. The van der Waals surface area contributed by atoms with Gasteiger partial charge >= 0.3 is 0 Å². The fraction of sp³-hybridized carbons (Fsp3) is 0.0769. The number of aryl methyl sites for hydroxylation is 1. The maximum absolute atomic E-state index is 11.7. The molecule has 0 saturated carbocycles. The van der Waals surface area contributed by atoms with E-state index < -0.39 is 0 Å². The maximum atomic E-state index is 11.7. The summed E-state index contributed by atoms with van der Waals surface area (Å²) in [5.74, 6) is 0. The lowest BCUT2D eigenvalue weighted by Gasteiger charge is -1.99. The number of benzene rings is 1. The Labute approximate surface area is 97.5 Å². The summed E-state index contributed by atoms with van der Waals surface area (Å²) in [5, 5.41) is 3.55. The van der Waals surface area contributed by atoms with Crippen LogP contribution in [0.2, 0.25) is 0 Å². The summed E-state index contributed by atoms with van der Waals surface area (Å²) in [6.07, 6.45) is 0. The number of rotatable bonds is 1.